The van der Waals surface area contributed by atoms with Crippen molar-refractivity contribution in [1.29, 1.82) is 0 Å². The molecule has 7 nitrogen and oxygen atoms in total. The fourth-order valence-electron chi connectivity index (χ4n) is 3.01. The summed E-state index contributed by atoms with van der Waals surface area (Å²) in [5.74, 6) is -2.45. The van der Waals surface area contributed by atoms with Crippen LogP contribution in [0.1, 0.15) is 5.56 Å². The highest BCUT2D eigenvalue weighted by molar-refractivity contribution is 5.87. The second-order valence-electron chi connectivity index (χ2n) is 6.55. The zero-order chi connectivity index (χ0) is 21.4. The summed E-state index contributed by atoms with van der Waals surface area (Å²) in [6.45, 7) is -0.0487. The quantitative estimate of drug-likeness (QED) is 0.375. The minimum Gasteiger partial charge on any atom is -0.507 e. The van der Waals surface area contributed by atoms with Crippen molar-refractivity contribution in [1.82, 2.24) is 0 Å². The highest BCUT2D eigenvalue weighted by atomic mass is 19.1. The van der Waals surface area contributed by atoms with Crippen LogP contribution in [0.4, 0.5) is 4.39 Å². The first-order chi connectivity index (χ1) is 14.3. The van der Waals surface area contributed by atoms with Gasteiger partial charge in [-0.3, -0.25) is 4.79 Å². The van der Waals surface area contributed by atoms with Gasteiger partial charge in [0.2, 0.25) is 11.2 Å². The Labute approximate surface area is 168 Å². The molecule has 0 spiro atoms. The van der Waals surface area contributed by atoms with Crippen LogP contribution < -0.4 is 10.2 Å². The van der Waals surface area contributed by atoms with Gasteiger partial charge in [0.25, 0.3) is 0 Å². The Hall–Kier alpha value is -4.20. The van der Waals surface area contributed by atoms with E-state index in [1.54, 1.807) is 6.07 Å². The number of phenolic OH excluding ortho intramolecular Hbond substituents is 3. The second-order valence-corrected chi connectivity index (χ2v) is 6.55. The predicted octanol–water partition coefficient (Wildman–Crippen LogP) is 4.00. The minimum absolute atomic E-state index is 0.0294. The summed E-state index contributed by atoms with van der Waals surface area (Å²) < 4.78 is 24.4. The lowest BCUT2D eigenvalue weighted by molar-refractivity contribution is 0.304. The van der Waals surface area contributed by atoms with Crippen molar-refractivity contribution in [3.63, 3.8) is 0 Å². The molecule has 0 aliphatic heterocycles. The number of phenols is 3. The van der Waals surface area contributed by atoms with E-state index in [0.29, 0.717) is 5.56 Å². The van der Waals surface area contributed by atoms with Crippen LogP contribution in [0.25, 0.3) is 22.3 Å². The number of aromatic hydroxyl groups is 4. The van der Waals surface area contributed by atoms with Crippen molar-refractivity contribution in [3.05, 3.63) is 76.2 Å². The zero-order valence-electron chi connectivity index (χ0n) is 15.3. The average molecular weight is 410 g/mol. The standard InChI is InChI=1S/C22H15FO7/c23-13-2-1-3-14(9-13)29-10-11-6-17(26)19-18(7-11)30-22(21(28)20(19)27)12-4-5-15(24)16(25)8-12/h1-9,24-26,28H,10H2. The maximum atomic E-state index is 13.3. The highest BCUT2D eigenvalue weighted by Crippen LogP contribution is 2.37. The Kier molecular flexibility index (Phi) is 4.67. The van der Waals surface area contributed by atoms with Crippen molar-refractivity contribution >= 4 is 11.0 Å². The lowest BCUT2D eigenvalue weighted by atomic mass is 10.1. The zero-order valence-corrected chi connectivity index (χ0v) is 15.3. The van der Waals surface area contributed by atoms with Gasteiger partial charge in [0.15, 0.2) is 17.3 Å². The van der Waals surface area contributed by atoms with Crippen LogP contribution in [0.3, 0.4) is 0 Å². The summed E-state index contributed by atoms with van der Waals surface area (Å²) in [6, 6.07) is 11.9. The van der Waals surface area contributed by atoms with Crippen molar-refractivity contribution in [3.8, 4) is 40.1 Å². The Bertz CT molecular complexity index is 1330. The van der Waals surface area contributed by atoms with Gasteiger partial charge in [-0.05, 0) is 48.0 Å². The molecule has 0 saturated carbocycles. The summed E-state index contributed by atoms with van der Waals surface area (Å²) in [6.07, 6.45) is 0. The molecule has 0 saturated heterocycles. The Morgan fingerprint density at radius 2 is 1.70 bits per heavy atom. The maximum Gasteiger partial charge on any atom is 0.238 e. The molecule has 0 aliphatic rings. The van der Waals surface area contributed by atoms with E-state index in [4.69, 9.17) is 9.15 Å². The van der Waals surface area contributed by atoms with Gasteiger partial charge in [0.05, 0.1) is 0 Å². The number of benzene rings is 3. The molecule has 3 aromatic carbocycles. The predicted molar refractivity (Wildman–Crippen MR) is 105 cm³/mol. The highest BCUT2D eigenvalue weighted by Gasteiger charge is 2.19. The molecule has 4 aromatic rings. The summed E-state index contributed by atoms with van der Waals surface area (Å²) >= 11 is 0. The minimum atomic E-state index is -0.867. The van der Waals surface area contributed by atoms with Crippen LogP contribution in [-0.2, 0) is 6.61 Å². The van der Waals surface area contributed by atoms with Crippen LogP contribution in [0.5, 0.6) is 28.7 Å². The van der Waals surface area contributed by atoms with Gasteiger partial charge in [-0.2, -0.15) is 0 Å². The Morgan fingerprint density at radius 1 is 0.900 bits per heavy atom. The Morgan fingerprint density at radius 3 is 2.43 bits per heavy atom. The second kappa shape index (κ2) is 7.32. The van der Waals surface area contributed by atoms with E-state index in [0.717, 1.165) is 6.07 Å². The van der Waals surface area contributed by atoms with Crippen molar-refractivity contribution < 1.29 is 34.0 Å². The summed E-state index contributed by atoms with van der Waals surface area (Å²) in [5.41, 5.74) is -0.326. The fraction of sp³-hybridized carbons (Fsp3) is 0.0455. The van der Waals surface area contributed by atoms with Crippen molar-refractivity contribution in [2.45, 2.75) is 6.61 Å². The molecule has 0 fully saturated rings. The molecule has 1 heterocycles. The molecule has 30 heavy (non-hydrogen) atoms. The van der Waals surface area contributed by atoms with Crippen LogP contribution in [-0.4, -0.2) is 20.4 Å². The molecule has 4 rings (SSSR count). The lowest BCUT2D eigenvalue weighted by Crippen LogP contribution is -2.04. The normalized spacial score (nSPS) is 11.0. The van der Waals surface area contributed by atoms with Gasteiger partial charge in [0, 0.05) is 11.6 Å². The maximum absolute atomic E-state index is 13.3. The number of halogens is 1. The van der Waals surface area contributed by atoms with Crippen LogP contribution in [0.15, 0.2) is 63.8 Å². The van der Waals surface area contributed by atoms with E-state index in [1.807, 2.05) is 0 Å². The molecular formula is C22H15FO7. The van der Waals surface area contributed by atoms with E-state index < -0.39 is 28.5 Å². The number of fused-ring (bicyclic) bond motifs is 1. The van der Waals surface area contributed by atoms with Gasteiger partial charge in [-0.15, -0.1) is 0 Å². The van der Waals surface area contributed by atoms with Gasteiger partial charge < -0.3 is 29.6 Å². The van der Waals surface area contributed by atoms with E-state index in [9.17, 15) is 29.6 Å². The molecule has 1 aromatic heterocycles. The summed E-state index contributed by atoms with van der Waals surface area (Å²) in [7, 11) is 0. The first-order valence-corrected chi connectivity index (χ1v) is 8.76. The number of rotatable bonds is 4. The van der Waals surface area contributed by atoms with Gasteiger partial charge in [-0.25, -0.2) is 4.39 Å². The molecule has 0 bridgehead atoms. The largest absolute Gasteiger partial charge is 0.507 e. The molecule has 4 N–H and O–H groups in total. The van der Waals surface area contributed by atoms with Gasteiger partial charge in [0.1, 0.15) is 34.9 Å². The molecule has 0 amide bonds. The number of hydrogen-bond acceptors (Lipinski definition) is 7. The SMILES string of the molecule is O=c1c(O)c(-c2ccc(O)c(O)c2)oc2cc(COc3cccc(F)c3)cc(O)c12. The van der Waals surface area contributed by atoms with Crippen LogP contribution in [0.2, 0.25) is 0 Å². The molecule has 8 heteroatoms. The molecular weight excluding hydrogens is 395 g/mol. The van der Waals surface area contributed by atoms with Gasteiger partial charge in [-0.1, -0.05) is 6.07 Å². The Balaban J connectivity index is 1.78. The summed E-state index contributed by atoms with van der Waals surface area (Å²) in [5, 5.41) is 39.5. The smallest absolute Gasteiger partial charge is 0.238 e. The number of hydrogen-bond donors (Lipinski definition) is 4. The first-order valence-electron chi connectivity index (χ1n) is 8.76. The van der Waals surface area contributed by atoms with E-state index >= 15 is 0 Å². The third-order valence-electron chi connectivity index (χ3n) is 4.45. The lowest BCUT2D eigenvalue weighted by Gasteiger charge is -2.11. The van der Waals surface area contributed by atoms with Crippen LogP contribution >= 0.6 is 0 Å². The third kappa shape index (κ3) is 3.46. The fourth-order valence-corrected chi connectivity index (χ4v) is 3.01. The molecule has 152 valence electrons. The molecule has 0 atom stereocenters. The topological polar surface area (TPSA) is 120 Å². The summed E-state index contributed by atoms with van der Waals surface area (Å²) in [4.78, 5) is 12.6. The van der Waals surface area contributed by atoms with E-state index in [2.05, 4.69) is 0 Å². The monoisotopic (exact) mass is 410 g/mol. The molecule has 0 unspecified atom stereocenters. The molecule has 0 radical (unpaired) electrons. The van der Waals surface area contributed by atoms with E-state index in [-0.39, 0.29) is 40.4 Å². The van der Waals surface area contributed by atoms with Crippen molar-refractivity contribution in [2.24, 2.45) is 0 Å². The van der Waals surface area contributed by atoms with Gasteiger partial charge >= 0.3 is 0 Å². The molecule has 0 aliphatic carbocycles. The van der Waals surface area contributed by atoms with Crippen molar-refractivity contribution in [2.75, 3.05) is 0 Å². The first kappa shape index (κ1) is 19.1. The third-order valence-corrected chi connectivity index (χ3v) is 4.45. The number of ether oxygens (including phenoxy) is 1. The average Bonchev–Trinajstić information content (AvgIpc) is 2.71. The van der Waals surface area contributed by atoms with Crippen LogP contribution in [0, 0.1) is 5.82 Å². The van der Waals surface area contributed by atoms with E-state index in [1.165, 1.54) is 42.5 Å².